The summed E-state index contributed by atoms with van der Waals surface area (Å²) in [6, 6.07) is 8.96. The maximum atomic E-state index is 12.1. The molecule has 0 aliphatic heterocycles. The fourth-order valence-corrected chi connectivity index (χ4v) is 2.81. The lowest BCUT2D eigenvalue weighted by molar-refractivity contribution is -0.0603. The van der Waals surface area contributed by atoms with E-state index in [0.29, 0.717) is 17.9 Å². The average Bonchev–Trinajstić information content (AvgIpc) is 2.41. The van der Waals surface area contributed by atoms with Crippen molar-refractivity contribution >= 4 is 5.97 Å². The molecule has 0 bridgehead atoms. The van der Waals surface area contributed by atoms with E-state index in [4.69, 9.17) is 4.74 Å². The van der Waals surface area contributed by atoms with E-state index < -0.39 is 6.10 Å². The molecule has 0 unspecified atom stereocenters. The lowest BCUT2D eigenvalue weighted by Crippen LogP contribution is -2.40. The number of hydrogen-bond acceptors (Lipinski definition) is 3. The van der Waals surface area contributed by atoms with Gasteiger partial charge in [0.1, 0.15) is 6.10 Å². The van der Waals surface area contributed by atoms with Crippen molar-refractivity contribution in [2.75, 3.05) is 0 Å². The van der Waals surface area contributed by atoms with Gasteiger partial charge in [0.2, 0.25) is 0 Å². The van der Waals surface area contributed by atoms with Crippen molar-refractivity contribution in [3.8, 4) is 0 Å². The molecule has 0 amide bonds. The van der Waals surface area contributed by atoms with Gasteiger partial charge in [0.25, 0.3) is 0 Å². The highest BCUT2D eigenvalue weighted by Gasteiger charge is 2.37. The summed E-state index contributed by atoms with van der Waals surface area (Å²) in [6.07, 6.45) is 1.50. The van der Waals surface area contributed by atoms with Crippen LogP contribution in [0.3, 0.4) is 0 Å². The number of esters is 1. The average molecular weight is 276 g/mol. The Morgan fingerprint density at radius 1 is 1.20 bits per heavy atom. The first-order valence-electron chi connectivity index (χ1n) is 7.32. The molecule has 2 rings (SSSR count). The van der Waals surface area contributed by atoms with E-state index >= 15 is 0 Å². The minimum atomic E-state index is -0.540. The predicted octanol–water partition coefficient (Wildman–Crippen LogP) is 3.42. The SMILES string of the molecule is CC(C)(C)[C@H]1CC[C@@H](O)[C@@H](OC(=O)c2ccccc2)C1. The molecule has 1 N–H and O–H groups in total. The first kappa shape index (κ1) is 15.0. The number of carbonyl (C=O) groups excluding carboxylic acids is 1. The van der Waals surface area contributed by atoms with E-state index in [0.717, 1.165) is 12.8 Å². The Morgan fingerprint density at radius 2 is 1.85 bits per heavy atom. The van der Waals surface area contributed by atoms with Crippen LogP contribution in [0, 0.1) is 11.3 Å². The van der Waals surface area contributed by atoms with Gasteiger partial charge in [-0.2, -0.15) is 0 Å². The Hall–Kier alpha value is -1.35. The third-order valence-corrected chi connectivity index (χ3v) is 4.25. The highest BCUT2D eigenvalue weighted by Crippen LogP contribution is 2.39. The molecular formula is C17H24O3. The standard InChI is InChI=1S/C17H24O3/c1-17(2,3)13-9-10-14(18)15(11-13)20-16(19)12-7-5-4-6-8-12/h4-8,13-15,18H,9-11H2,1-3H3/t13-,14+,15-/m0/s1. The zero-order valence-corrected chi connectivity index (χ0v) is 12.5. The van der Waals surface area contributed by atoms with Crippen molar-refractivity contribution in [3.05, 3.63) is 35.9 Å². The molecule has 1 aliphatic carbocycles. The Bertz CT molecular complexity index is 447. The minimum absolute atomic E-state index is 0.178. The second-order valence-electron chi connectivity index (χ2n) is 6.75. The summed E-state index contributed by atoms with van der Waals surface area (Å²) in [7, 11) is 0. The van der Waals surface area contributed by atoms with Gasteiger partial charge in [0, 0.05) is 0 Å². The first-order valence-corrected chi connectivity index (χ1v) is 7.32. The van der Waals surface area contributed by atoms with Gasteiger partial charge in [-0.15, -0.1) is 0 Å². The number of ether oxygens (including phenoxy) is 1. The number of rotatable bonds is 2. The van der Waals surface area contributed by atoms with Gasteiger partial charge in [-0.3, -0.25) is 0 Å². The second-order valence-corrected chi connectivity index (χ2v) is 6.75. The minimum Gasteiger partial charge on any atom is -0.456 e. The molecule has 3 nitrogen and oxygen atoms in total. The number of aliphatic hydroxyl groups is 1. The molecule has 0 spiro atoms. The van der Waals surface area contributed by atoms with Gasteiger partial charge in [-0.25, -0.2) is 4.79 Å². The molecule has 110 valence electrons. The normalized spacial score (nSPS) is 27.1. The van der Waals surface area contributed by atoms with Crippen LogP contribution in [0.25, 0.3) is 0 Å². The summed E-state index contributed by atoms with van der Waals surface area (Å²) in [5, 5.41) is 10.1. The molecule has 1 aromatic carbocycles. The van der Waals surface area contributed by atoms with E-state index in [-0.39, 0.29) is 17.5 Å². The fourth-order valence-electron chi connectivity index (χ4n) is 2.81. The van der Waals surface area contributed by atoms with E-state index in [1.807, 2.05) is 18.2 Å². The van der Waals surface area contributed by atoms with E-state index in [9.17, 15) is 9.90 Å². The number of hydrogen-bond donors (Lipinski definition) is 1. The van der Waals surface area contributed by atoms with Crippen molar-refractivity contribution in [3.63, 3.8) is 0 Å². The highest BCUT2D eigenvalue weighted by atomic mass is 16.6. The quantitative estimate of drug-likeness (QED) is 0.842. The molecular weight excluding hydrogens is 252 g/mol. The van der Waals surface area contributed by atoms with Crippen LogP contribution in [0.4, 0.5) is 0 Å². The molecule has 0 aromatic heterocycles. The van der Waals surface area contributed by atoms with Crippen molar-refractivity contribution in [2.24, 2.45) is 11.3 Å². The van der Waals surface area contributed by atoms with Crippen LogP contribution in [0.2, 0.25) is 0 Å². The maximum absolute atomic E-state index is 12.1. The Morgan fingerprint density at radius 3 is 2.45 bits per heavy atom. The van der Waals surface area contributed by atoms with Crippen molar-refractivity contribution in [2.45, 2.75) is 52.2 Å². The van der Waals surface area contributed by atoms with Crippen molar-refractivity contribution in [1.82, 2.24) is 0 Å². The molecule has 0 saturated heterocycles. The van der Waals surface area contributed by atoms with E-state index in [2.05, 4.69) is 20.8 Å². The second kappa shape index (κ2) is 5.96. The first-order chi connectivity index (χ1) is 9.38. The molecule has 1 aliphatic rings. The summed E-state index contributed by atoms with van der Waals surface area (Å²) in [6.45, 7) is 6.60. The highest BCUT2D eigenvalue weighted by molar-refractivity contribution is 5.89. The largest absolute Gasteiger partial charge is 0.456 e. The van der Waals surface area contributed by atoms with Crippen molar-refractivity contribution < 1.29 is 14.6 Å². The molecule has 3 atom stereocenters. The third kappa shape index (κ3) is 3.60. The number of aliphatic hydroxyl groups excluding tert-OH is 1. The van der Waals surface area contributed by atoms with Crippen LogP contribution in [0.5, 0.6) is 0 Å². The van der Waals surface area contributed by atoms with Crippen LogP contribution in [0.1, 0.15) is 50.4 Å². The summed E-state index contributed by atoms with van der Waals surface area (Å²) >= 11 is 0. The van der Waals surface area contributed by atoms with Crippen LogP contribution in [0.15, 0.2) is 30.3 Å². The zero-order valence-electron chi connectivity index (χ0n) is 12.5. The van der Waals surface area contributed by atoms with Gasteiger partial charge in [0.05, 0.1) is 11.7 Å². The molecule has 1 fully saturated rings. The molecule has 1 saturated carbocycles. The van der Waals surface area contributed by atoms with Gasteiger partial charge in [-0.05, 0) is 42.7 Å². The van der Waals surface area contributed by atoms with Crippen LogP contribution < -0.4 is 0 Å². The smallest absolute Gasteiger partial charge is 0.338 e. The monoisotopic (exact) mass is 276 g/mol. The Labute approximate surface area is 121 Å². The summed E-state index contributed by atoms with van der Waals surface area (Å²) in [5.41, 5.74) is 0.718. The Kier molecular flexibility index (Phi) is 4.48. The van der Waals surface area contributed by atoms with Crippen molar-refractivity contribution in [1.29, 1.82) is 0 Å². The lowest BCUT2D eigenvalue weighted by atomic mass is 9.71. The predicted molar refractivity (Wildman–Crippen MR) is 78.4 cm³/mol. The zero-order chi connectivity index (χ0) is 14.8. The molecule has 20 heavy (non-hydrogen) atoms. The third-order valence-electron chi connectivity index (χ3n) is 4.25. The Balaban J connectivity index is 2.02. The van der Waals surface area contributed by atoms with Gasteiger partial charge >= 0.3 is 5.97 Å². The topological polar surface area (TPSA) is 46.5 Å². The van der Waals surface area contributed by atoms with Gasteiger partial charge in [-0.1, -0.05) is 39.0 Å². The molecule has 1 aromatic rings. The lowest BCUT2D eigenvalue weighted by Gasteiger charge is -2.39. The maximum Gasteiger partial charge on any atom is 0.338 e. The van der Waals surface area contributed by atoms with E-state index in [1.54, 1.807) is 12.1 Å². The van der Waals surface area contributed by atoms with Crippen LogP contribution in [-0.4, -0.2) is 23.3 Å². The fraction of sp³-hybridized carbons (Fsp3) is 0.588. The molecule has 3 heteroatoms. The molecule has 0 radical (unpaired) electrons. The summed E-state index contributed by atoms with van der Waals surface area (Å²) in [5.74, 6) is 0.128. The summed E-state index contributed by atoms with van der Waals surface area (Å²) in [4.78, 5) is 12.1. The van der Waals surface area contributed by atoms with Crippen LogP contribution in [-0.2, 0) is 4.74 Å². The van der Waals surface area contributed by atoms with Gasteiger partial charge in [0.15, 0.2) is 0 Å². The van der Waals surface area contributed by atoms with E-state index in [1.165, 1.54) is 0 Å². The molecule has 0 heterocycles. The summed E-state index contributed by atoms with van der Waals surface area (Å²) < 4.78 is 5.53. The van der Waals surface area contributed by atoms with Crippen LogP contribution >= 0.6 is 0 Å². The number of carbonyl (C=O) groups is 1. The number of benzene rings is 1. The van der Waals surface area contributed by atoms with Gasteiger partial charge < -0.3 is 9.84 Å².